The summed E-state index contributed by atoms with van der Waals surface area (Å²) < 4.78 is 27.9. The van der Waals surface area contributed by atoms with E-state index in [-0.39, 0.29) is 41.3 Å². The first-order valence-corrected chi connectivity index (χ1v) is 11.8. The quantitative estimate of drug-likeness (QED) is 0.790. The SMILES string of the molecule is CC[C@H](C)NC(=O)[C@@H]1CCCN(S(=O)(=O)c2ccc3c(c2)C[C@H](C)N3C(C)=O)C1. The van der Waals surface area contributed by atoms with Crippen LogP contribution in [0.2, 0.25) is 0 Å². The van der Waals surface area contributed by atoms with Crippen LogP contribution in [0.4, 0.5) is 5.69 Å². The number of carbonyl (C=O) groups excluding carboxylic acids is 2. The van der Waals surface area contributed by atoms with Gasteiger partial charge in [0.25, 0.3) is 0 Å². The first kappa shape index (κ1) is 21.8. The molecule has 29 heavy (non-hydrogen) atoms. The van der Waals surface area contributed by atoms with Gasteiger partial charge < -0.3 is 10.2 Å². The normalized spacial score (nSPS) is 23.5. The fraction of sp³-hybridized carbons (Fsp3) is 0.619. The lowest BCUT2D eigenvalue weighted by molar-refractivity contribution is -0.126. The van der Waals surface area contributed by atoms with E-state index in [4.69, 9.17) is 0 Å². The molecular weight excluding hydrogens is 390 g/mol. The number of carbonyl (C=O) groups is 2. The molecular formula is C21H31N3O4S. The summed E-state index contributed by atoms with van der Waals surface area (Å²) in [5, 5.41) is 2.97. The van der Waals surface area contributed by atoms with Crippen molar-refractivity contribution in [3.63, 3.8) is 0 Å². The molecule has 0 aromatic heterocycles. The summed E-state index contributed by atoms with van der Waals surface area (Å²) in [5.74, 6) is -0.438. The summed E-state index contributed by atoms with van der Waals surface area (Å²) in [7, 11) is -3.69. The number of hydrogen-bond donors (Lipinski definition) is 1. The van der Waals surface area contributed by atoms with Crippen molar-refractivity contribution in [2.75, 3.05) is 18.0 Å². The van der Waals surface area contributed by atoms with Crippen molar-refractivity contribution in [1.29, 1.82) is 0 Å². The van der Waals surface area contributed by atoms with E-state index in [1.54, 1.807) is 23.1 Å². The summed E-state index contributed by atoms with van der Waals surface area (Å²) in [4.78, 5) is 26.3. The summed E-state index contributed by atoms with van der Waals surface area (Å²) in [6.45, 7) is 8.06. The molecule has 1 aromatic carbocycles. The van der Waals surface area contributed by atoms with Crippen LogP contribution in [0.1, 0.15) is 52.5 Å². The highest BCUT2D eigenvalue weighted by Crippen LogP contribution is 2.35. The number of nitrogens with one attached hydrogen (secondary N) is 1. The Bertz CT molecular complexity index is 899. The molecule has 2 aliphatic rings. The molecule has 2 aliphatic heterocycles. The molecule has 0 aliphatic carbocycles. The third kappa shape index (κ3) is 4.33. The summed E-state index contributed by atoms with van der Waals surface area (Å²) in [5.41, 5.74) is 1.66. The van der Waals surface area contributed by atoms with Crippen molar-refractivity contribution in [3.05, 3.63) is 23.8 Å². The Morgan fingerprint density at radius 2 is 2.03 bits per heavy atom. The van der Waals surface area contributed by atoms with Crippen LogP contribution in [0.15, 0.2) is 23.1 Å². The van der Waals surface area contributed by atoms with Gasteiger partial charge in [-0.25, -0.2) is 8.42 Å². The fourth-order valence-electron chi connectivity index (χ4n) is 4.23. The van der Waals surface area contributed by atoms with Crippen LogP contribution >= 0.6 is 0 Å². The van der Waals surface area contributed by atoms with Gasteiger partial charge in [-0.15, -0.1) is 0 Å². The molecule has 3 atom stereocenters. The zero-order valence-corrected chi connectivity index (χ0v) is 18.5. The van der Waals surface area contributed by atoms with Crippen LogP contribution in [0, 0.1) is 5.92 Å². The van der Waals surface area contributed by atoms with Gasteiger partial charge in [0.1, 0.15) is 0 Å². The van der Waals surface area contributed by atoms with Crippen LogP contribution in [0.5, 0.6) is 0 Å². The van der Waals surface area contributed by atoms with Crippen molar-refractivity contribution in [2.45, 2.75) is 70.4 Å². The summed E-state index contributed by atoms with van der Waals surface area (Å²) in [6, 6.07) is 5.09. The largest absolute Gasteiger partial charge is 0.353 e. The molecule has 2 amide bonds. The third-order valence-corrected chi connectivity index (χ3v) is 7.86. The predicted octanol–water partition coefficient (Wildman–Crippen LogP) is 2.30. The Morgan fingerprint density at radius 3 is 2.69 bits per heavy atom. The van der Waals surface area contributed by atoms with Gasteiger partial charge in [0.2, 0.25) is 21.8 Å². The average Bonchev–Trinajstić information content (AvgIpc) is 3.02. The highest BCUT2D eigenvalue weighted by molar-refractivity contribution is 7.89. The second-order valence-electron chi connectivity index (χ2n) is 8.25. The van der Waals surface area contributed by atoms with E-state index >= 15 is 0 Å². The Hall–Kier alpha value is -1.93. The number of sulfonamides is 1. The standard InChI is InChI=1S/C21H31N3O4S/c1-5-14(2)22-21(26)17-7-6-10-23(13-17)29(27,28)19-8-9-20-18(12-19)11-15(3)24(20)16(4)25/h8-9,12,14-15,17H,5-7,10-11,13H2,1-4H3,(H,22,26)/t14-,15-,17+/m0/s1. The lowest BCUT2D eigenvalue weighted by Crippen LogP contribution is -2.47. The molecule has 0 spiro atoms. The van der Waals surface area contributed by atoms with Crippen molar-refractivity contribution in [1.82, 2.24) is 9.62 Å². The van der Waals surface area contributed by atoms with Gasteiger partial charge in [0, 0.05) is 37.8 Å². The zero-order valence-electron chi connectivity index (χ0n) is 17.6. The molecule has 160 valence electrons. The number of rotatable bonds is 5. The highest BCUT2D eigenvalue weighted by atomic mass is 32.2. The van der Waals surface area contributed by atoms with E-state index in [0.717, 1.165) is 17.7 Å². The van der Waals surface area contributed by atoms with Gasteiger partial charge >= 0.3 is 0 Å². The lowest BCUT2D eigenvalue weighted by Gasteiger charge is -2.32. The maximum Gasteiger partial charge on any atom is 0.243 e. The molecule has 1 fully saturated rings. The molecule has 2 heterocycles. The lowest BCUT2D eigenvalue weighted by atomic mass is 9.98. The molecule has 3 rings (SSSR count). The van der Waals surface area contributed by atoms with E-state index < -0.39 is 10.0 Å². The molecule has 1 saturated heterocycles. The van der Waals surface area contributed by atoms with E-state index in [1.165, 1.54) is 11.2 Å². The number of fused-ring (bicyclic) bond motifs is 1. The van der Waals surface area contributed by atoms with E-state index in [2.05, 4.69) is 5.32 Å². The fourth-order valence-corrected chi connectivity index (χ4v) is 5.81. The van der Waals surface area contributed by atoms with Crippen LogP contribution < -0.4 is 10.2 Å². The summed E-state index contributed by atoms with van der Waals surface area (Å²) in [6.07, 6.45) is 2.84. The second kappa shape index (κ2) is 8.44. The Kier molecular flexibility index (Phi) is 6.33. The highest BCUT2D eigenvalue weighted by Gasteiger charge is 2.35. The number of piperidine rings is 1. The minimum atomic E-state index is -3.69. The van der Waals surface area contributed by atoms with Crippen LogP contribution in [-0.2, 0) is 26.0 Å². The maximum atomic E-state index is 13.2. The Labute approximate surface area is 173 Å². The average molecular weight is 422 g/mol. The first-order valence-electron chi connectivity index (χ1n) is 10.4. The molecule has 0 radical (unpaired) electrons. The number of nitrogens with zero attached hydrogens (tertiary/aromatic N) is 2. The van der Waals surface area contributed by atoms with Crippen LogP contribution in [0.3, 0.4) is 0 Å². The minimum Gasteiger partial charge on any atom is -0.353 e. The number of amides is 2. The number of anilines is 1. The molecule has 7 nitrogen and oxygen atoms in total. The summed E-state index contributed by atoms with van der Waals surface area (Å²) >= 11 is 0. The van der Waals surface area contributed by atoms with Gasteiger partial charge in [-0.05, 0) is 63.3 Å². The third-order valence-electron chi connectivity index (χ3n) is 6.00. The van der Waals surface area contributed by atoms with Crippen LogP contribution in [0.25, 0.3) is 0 Å². The molecule has 1 N–H and O–H groups in total. The first-order chi connectivity index (χ1) is 13.6. The van der Waals surface area contributed by atoms with Crippen molar-refractivity contribution in [2.24, 2.45) is 5.92 Å². The molecule has 0 saturated carbocycles. The molecule has 0 bridgehead atoms. The van der Waals surface area contributed by atoms with Gasteiger partial charge in [-0.1, -0.05) is 6.92 Å². The van der Waals surface area contributed by atoms with Crippen molar-refractivity contribution >= 4 is 27.5 Å². The van der Waals surface area contributed by atoms with E-state index in [0.29, 0.717) is 25.8 Å². The predicted molar refractivity (Wildman–Crippen MR) is 112 cm³/mol. The van der Waals surface area contributed by atoms with E-state index in [9.17, 15) is 18.0 Å². The van der Waals surface area contributed by atoms with Crippen molar-refractivity contribution < 1.29 is 18.0 Å². The van der Waals surface area contributed by atoms with Gasteiger partial charge in [0.05, 0.1) is 10.8 Å². The molecule has 0 unspecified atom stereocenters. The zero-order chi connectivity index (χ0) is 21.3. The number of benzene rings is 1. The maximum absolute atomic E-state index is 13.2. The van der Waals surface area contributed by atoms with Gasteiger partial charge in [-0.2, -0.15) is 4.31 Å². The molecule has 1 aromatic rings. The topological polar surface area (TPSA) is 86.8 Å². The molecule has 8 heteroatoms. The minimum absolute atomic E-state index is 0.0177. The van der Waals surface area contributed by atoms with Crippen molar-refractivity contribution in [3.8, 4) is 0 Å². The van der Waals surface area contributed by atoms with Crippen LogP contribution in [-0.4, -0.2) is 49.7 Å². The Balaban J connectivity index is 1.80. The van der Waals surface area contributed by atoms with Gasteiger partial charge in [-0.3, -0.25) is 9.59 Å². The van der Waals surface area contributed by atoms with Gasteiger partial charge in [0.15, 0.2) is 0 Å². The number of hydrogen-bond acceptors (Lipinski definition) is 4. The van der Waals surface area contributed by atoms with E-state index in [1.807, 2.05) is 20.8 Å². The Morgan fingerprint density at radius 1 is 1.31 bits per heavy atom. The smallest absolute Gasteiger partial charge is 0.243 e. The monoisotopic (exact) mass is 421 g/mol. The second-order valence-corrected chi connectivity index (χ2v) is 10.2.